The van der Waals surface area contributed by atoms with Crippen LogP contribution in [0.4, 0.5) is 0 Å². The average Bonchev–Trinajstić information content (AvgIpc) is 2.47. The second-order valence-corrected chi connectivity index (χ2v) is 5.86. The Kier molecular flexibility index (Phi) is 51.4. The average molecular weight is 289 g/mol. The largest absolute Gasteiger partial charge is 0.0654 e. The molecule has 0 amide bonds. The highest BCUT2D eigenvalue weighted by Crippen LogP contribution is 1.95. The highest BCUT2D eigenvalue weighted by molar-refractivity contribution is 4.33. The molecule has 0 heteroatoms. The van der Waals surface area contributed by atoms with E-state index < -0.39 is 0 Å². The summed E-state index contributed by atoms with van der Waals surface area (Å²) in [5.74, 6) is 0.884. The zero-order chi connectivity index (χ0) is 16.6. The lowest BCUT2D eigenvalue weighted by molar-refractivity contribution is 0.626. The molecule has 0 radical (unpaired) electrons. The van der Waals surface area contributed by atoms with Crippen LogP contribution in [-0.4, -0.2) is 0 Å². The summed E-state index contributed by atoms with van der Waals surface area (Å²) in [7, 11) is 0. The summed E-state index contributed by atoms with van der Waals surface area (Å²) >= 11 is 0. The van der Waals surface area contributed by atoms with Crippen LogP contribution in [0.3, 0.4) is 0 Å². The predicted octanol–water partition coefficient (Wildman–Crippen LogP) is 8.64. The second-order valence-electron chi connectivity index (χ2n) is 5.86. The third-order valence-corrected chi connectivity index (χ3v) is 2.98. The monoisotopic (exact) mass is 288 g/mol. The van der Waals surface area contributed by atoms with E-state index in [1.807, 2.05) is 0 Å². The molecule has 0 aromatic rings. The van der Waals surface area contributed by atoms with E-state index >= 15 is 0 Å². The molecule has 0 aliphatic rings. The van der Waals surface area contributed by atoms with Crippen LogP contribution in [0.1, 0.15) is 127 Å². The Morgan fingerprint density at radius 1 is 0.450 bits per heavy atom. The van der Waals surface area contributed by atoms with Crippen molar-refractivity contribution in [1.82, 2.24) is 0 Å². The first kappa shape index (κ1) is 28.2. The molecular weight excluding hydrogens is 240 g/mol. The van der Waals surface area contributed by atoms with Crippen LogP contribution in [0.2, 0.25) is 0 Å². The fourth-order valence-electron chi connectivity index (χ4n) is 0.854. The molecule has 0 atom stereocenters. The van der Waals surface area contributed by atoms with Gasteiger partial charge in [0.2, 0.25) is 0 Å². The van der Waals surface area contributed by atoms with Gasteiger partial charge in [0.1, 0.15) is 0 Å². The van der Waals surface area contributed by atoms with Crippen LogP contribution in [0.25, 0.3) is 0 Å². The van der Waals surface area contributed by atoms with Gasteiger partial charge in [-0.1, -0.05) is 127 Å². The third-order valence-electron chi connectivity index (χ3n) is 2.98. The Hall–Kier alpha value is 0. The van der Waals surface area contributed by atoms with Gasteiger partial charge >= 0.3 is 0 Å². The van der Waals surface area contributed by atoms with E-state index in [0.717, 1.165) is 5.92 Å². The molecule has 0 N–H and O–H groups in total. The van der Waals surface area contributed by atoms with E-state index in [4.69, 9.17) is 0 Å². The minimum Gasteiger partial charge on any atom is -0.0654 e. The first-order chi connectivity index (χ1) is 9.51. The molecule has 0 fully saturated rings. The van der Waals surface area contributed by atoms with Crippen molar-refractivity contribution in [2.24, 2.45) is 5.92 Å². The molecule has 0 heterocycles. The van der Waals surface area contributed by atoms with Gasteiger partial charge in [-0.05, 0) is 5.92 Å². The van der Waals surface area contributed by atoms with Crippen molar-refractivity contribution in [3.63, 3.8) is 0 Å². The van der Waals surface area contributed by atoms with E-state index in [-0.39, 0.29) is 0 Å². The van der Waals surface area contributed by atoms with E-state index in [0.29, 0.717) is 0 Å². The van der Waals surface area contributed by atoms with E-state index in [1.54, 1.807) is 0 Å². The molecule has 20 heavy (non-hydrogen) atoms. The molecule has 0 aromatic carbocycles. The van der Waals surface area contributed by atoms with E-state index in [1.165, 1.54) is 64.2 Å². The molecule has 0 unspecified atom stereocenters. The van der Waals surface area contributed by atoms with Crippen LogP contribution in [0, 0.1) is 5.92 Å². The Balaban J connectivity index is -0.0000000862. The maximum Gasteiger partial charge on any atom is -0.0474 e. The van der Waals surface area contributed by atoms with Crippen LogP contribution in [0.15, 0.2) is 0 Å². The highest BCUT2D eigenvalue weighted by Gasteiger charge is 1.80. The molecule has 0 aliphatic heterocycles. The first-order valence-corrected chi connectivity index (χ1v) is 9.51. The van der Waals surface area contributed by atoms with Gasteiger partial charge in [-0.3, -0.25) is 0 Å². The Morgan fingerprint density at radius 2 is 0.700 bits per heavy atom. The minimum atomic E-state index is 0.884. The summed E-state index contributed by atoms with van der Waals surface area (Å²) in [4.78, 5) is 0. The SMILES string of the molecule is CCC(C)C.CCCC.CCCCC.CCCCCC. The normalized spacial score (nSPS) is 8.70. The molecule has 0 bridgehead atoms. The zero-order valence-electron chi connectivity index (χ0n) is 16.6. The molecule has 128 valence electrons. The summed E-state index contributed by atoms with van der Waals surface area (Å²) in [6.07, 6.45) is 13.6. The van der Waals surface area contributed by atoms with Crippen LogP contribution < -0.4 is 0 Å². The lowest BCUT2D eigenvalue weighted by atomic mass is 10.2. The van der Waals surface area contributed by atoms with E-state index in [2.05, 4.69) is 62.3 Å². The van der Waals surface area contributed by atoms with Crippen molar-refractivity contribution < 1.29 is 0 Å². The van der Waals surface area contributed by atoms with Crippen molar-refractivity contribution in [1.29, 1.82) is 0 Å². The zero-order valence-corrected chi connectivity index (χ0v) is 16.6. The summed E-state index contributed by atoms with van der Waals surface area (Å²) in [5, 5.41) is 0. The van der Waals surface area contributed by atoms with Gasteiger partial charge in [0, 0.05) is 0 Å². The quantitative estimate of drug-likeness (QED) is 0.411. The van der Waals surface area contributed by atoms with Gasteiger partial charge < -0.3 is 0 Å². The van der Waals surface area contributed by atoms with Gasteiger partial charge in [-0.2, -0.15) is 0 Å². The Labute approximate surface area is 133 Å². The van der Waals surface area contributed by atoms with Gasteiger partial charge in [0.05, 0.1) is 0 Å². The van der Waals surface area contributed by atoms with Gasteiger partial charge in [0.15, 0.2) is 0 Å². The fourth-order valence-corrected chi connectivity index (χ4v) is 0.854. The topological polar surface area (TPSA) is 0 Å². The number of hydrogen-bond donors (Lipinski definition) is 0. The maximum atomic E-state index is 2.23. The van der Waals surface area contributed by atoms with Crippen LogP contribution in [-0.2, 0) is 0 Å². The van der Waals surface area contributed by atoms with Gasteiger partial charge in [0.25, 0.3) is 0 Å². The van der Waals surface area contributed by atoms with Crippen molar-refractivity contribution in [2.75, 3.05) is 0 Å². The Morgan fingerprint density at radius 3 is 0.750 bits per heavy atom. The summed E-state index contributed by atoms with van der Waals surface area (Å²) in [5.41, 5.74) is 0. The molecule has 0 saturated carbocycles. The summed E-state index contributed by atoms with van der Waals surface area (Å²) in [6, 6.07) is 0. The smallest absolute Gasteiger partial charge is 0.0474 e. The minimum absolute atomic E-state index is 0.884. The Bertz CT molecular complexity index is 86.2. The van der Waals surface area contributed by atoms with Crippen molar-refractivity contribution in [2.45, 2.75) is 127 Å². The molecule has 0 rings (SSSR count). The molecule has 0 saturated heterocycles. The standard InChI is InChI=1S/C6H14.2C5H12.C4H10/c1-3-5-6-4-2;1-4-5(2)3;1-3-5-4-2;1-3-4-2/h3-6H2,1-2H3;5H,4H2,1-3H3;3-5H2,1-2H3;3-4H2,1-2H3. The molecule has 0 aromatic heterocycles. The summed E-state index contributed by atoms with van der Waals surface area (Å²) in [6.45, 7) is 19.9. The fraction of sp³-hybridized carbons (Fsp3) is 1.00. The van der Waals surface area contributed by atoms with Crippen LogP contribution in [0.5, 0.6) is 0 Å². The number of unbranched alkanes of at least 4 members (excludes halogenated alkanes) is 6. The third kappa shape index (κ3) is 81.3. The highest BCUT2D eigenvalue weighted by atomic mass is 13.9. The van der Waals surface area contributed by atoms with Crippen molar-refractivity contribution in [3.05, 3.63) is 0 Å². The van der Waals surface area contributed by atoms with Crippen molar-refractivity contribution in [3.8, 4) is 0 Å². The lowest BCUT2D eigenvalue weighted by Crippen LogP contribution is -1.77. The molecule has 0 nitrogen and oxygen atoms in total. The molecule has 0 aliphatic carbocycles. The van der Waals surface area contributed by atoms with Gasteiger partial charge in [-0.15, -0.1) is 0 Å². The van der Waals surface area contributed by atoms with Gasteiger partial charge in [-0.25, -0.2) is 0 Å². The maximum absolute atomic E-state index is 2.23. The van der Waals surface area contributed by atoms with Crippen molar-refractivity contribution >= 4 is 0 Å². The second kappa shape index (κ2) is 36.4. The molecular formula is C20H48. The van der Waals surface area contributed by atoms with Crippen LogP contribution >= 0.6 is 0 Å². The molecule has 0 spiro atoms. The number of hydrogen-bond acceptors (Lipinski definition) is 0. The summed E-state index contributed by atoms with van der Waals surface area (Å²) < 4.78 is 0. The predicted molar refractivity (Wildman–Crippen MR) is 101 cm³/mol. The first-order valence-electron chi connectivity index (χ1n) is 9.51. The van der Waals surface area contributed by atoms with E-state index in [9.17, 15) is 0 Å². The number of rotatable bonds is 7. The lowest BCUT2D eigenvalue weighted by Gasteiger charge is -1.90.